The molecule has 1 aromatic heterocycles. The third-order valence-corrected chi connectivity index (χ3v) is 3.17. The maximum atomic E-state index is 5.73. The number of aromatic nitrogens is 1. The van der Waals surface area contributed by atoms with Crippen molar-refractivity contribution in [2.24, 2.45) is 5.92 Å². The largest absolute Gasteiger partial charge is 0.493 e. The average molecular weight is 220 g/mol. The van der Waals surface area contributed by atoms with E-state index < -0.39 is 0 Å². The van der Waals surface area contributed by atoms with Gasteiger partial charge in [0.05, 0.1) is 12.3 Å². The van der Waals surface area contributed by atoms with Crippen molar-refractivity contribution < 1.29 is 4.74 Å². The predicted octanol–water partition coefficient (Wildman–Crippen LogP) is 2.37. The Labute approximate surface area is 97.2 Å². The highest BCUT2D eigenvalue weighted by molar-refractivity contribution is 5.22. The molecule has 16 heavy (non-hydrogen) atoms. The zero-order valence-corrected chi connectivity index (χ0v) is 9.91. The smallest absolute Gasteiger partial charge is 0.122 e. The van der Waals surface area contributed by atoms with Crippen molar-refractivity contribution in [1.29, 1.82) is 0 Å². The molecule has 1 aliphatic carbocycles. The second kappa shape index (κ2) is 5.85. The fraction of sp³-hybridized carbons (Fsp3) is 0.615. The Morgan fingerprint density at radius 2 is 2.38 bits per heavy atom. The van der Waals surface area contributed by atoms with E-state index in [1.807, 2.05) is 25.4 Å². The van der Waals surface area contributed by atoms with Gasteiger partial charge in [0.15, 0.2) is 0 Å². The van der Waals surface area contributed by atoms with Crippen LogP contribution < -0.4 is 10.1 Å². The minimum atomic E-state index is 0.791. The Balaban J connectivity index is 1.76. The van der Waals surface area contributed by atoms with Gasteiger partial charge in [0.1, 0.15) is 5.75 Å². The van der Waals surface area contributed by atoms with Crippen LogP contribution in [0.15, 0.2) is 18.3 Å². The van der Waals surface area contributed by atoms with E-state index in [0.29, 0.717) is 0 Å². The van der Waals surface area contributed by atoms with Crippen LogP contribution in [-0.2, 0) is 6.54 Å². The van der Waals surface area contributed by atoms with Crippen LogP contribution >= 0.6 is 0 Å². The zero-order chi connectivity index (χ0) is 11.2. The molecule has 0 saturated heterocycles. The third kappa shape index (κ3) is 3.20. The minimum absolute atomic E-state index is 0.791. The van der Waals surface area contributed by atoms with Gasteiger partial charge < -0.3 is 10.1 Å². The molecule has 2 rings (SSSR count). The fourth-order valence-corrected chi connectivity index (χ4v) is 1.95. The number of hydrogen-bond donors (Lipinski definition) is 1. The van der Waals surface area contributed by atoms with Crippen molar-refractivity contribution in [3.63, 3.8) is 0 Å². The summed E-state index contributed by atoms with van der Waals surface area (Å²) in [6, 6.07) is 3.94. The molecule has 1 aliphatic rings. The van der Waals surface area contributed by atoms with Crippen molar-refractivity contribution in [2.75, 3.05) is 13.7 Å². The number of hydrogen-bond acceptors (Lipinski definition) is 3. The molecule has 0 unspecified atom stereocenters. The molecule has 0 aliphatic heterocycles. The summed E-state index contributed by atoms with van der Waals surface area (Å²) in [6.45, 7) is 1.63. The Hall–Kier alpha value is -1.09. The first-order valence-electron chi connectivity index (χ1n) is 6.11. The molecule has 0 aromatic carbocycles. The van der Waals surface area contributed by atoms with Crippen LogP contribution in [0.3, 0.4) is 0 Å². The van der Waals surface area contributed by atoms with Gasteiger partial charge in [-0.2, -0.15) is 0 Å². The standard InChI is InChI=1S/C13H20N2O/c1-14-10-12-9-13(5-7-15-12)16-8-6-11-3-2-4-11/h5,7,9,11,14H,2-4,6,8,10H2,1H3. The molecule has 1 saturated carbocycles. The molecule has 1 heterocycles. The SMILES string of the molecule is CNCc1cc(OCCC2CCC2)ccn1. The molecule has 1 N–H and O–H groups in total. The van der Waals surface area contributed by atoms with Crippen molar-refractivity contribution in [1.82, 2.24) is 10.3 Å². The van der Waals surface area contributed by atoms with E-state index in [9.17, 15) is 0 Å². The predicted molar refractivity (Wildman–Crippen MR) is 64.5 cm³/mol. The van der Waals surface area contributed by atoms with E-state index in [4.69, 9.17) is 4.74 Å². The lowest BCUT2D eigenvalue weighted by atomic mass is 9.83. The molecule has 0 spiro atoms. The highest BCUT2D eigenvalue weighted by atomic mass is 16.5. The van der Waals surface area contributed by atoms with E-state index in [0.717, 1.165) is 30.5 Å². The summed E-state index contributed by atoms with van der Waals surface area (Å²) in [6.07, 6.45) is 7.21. The lowest BCUT2D eigenvalue weighted by molar-refractivity contribution is 0.222. The van der Waals surface area contributed by atoms with Crippen LogP contribution in [0, 0.1) is 5.92 Å². The Morgan fingerprint density at radius 1 is 1.50 bits per heavy atom. The summed E-state index contributed by atoms with van der Waals surface area (Å²) in [5, 5.41) is 3.09. The van der Waals surface area contributed by atoms with Gasteiger partial charge in [-0.3, -0.25) is 4.98 Å². The van der Waals surface area contributed by atoms with Gasteiger partial charge in [0.2, 0.25) is 0 Å². The second-order valence-corrected chi connectivity index (χ2v) is 4.45. The van der Waals surface area contributed by atoms with Crippen LogP contribution in [0.4, 0.5) is 0 Å². The molecule has 0 radical (unpaired) electrons. The van der Waals surface area contributed by atoms with Crippen LogP contribution in [0.25, 0.3) is 0 Å². The van der Waals surface area contributed by atoms with Gasteiger partial charge in [-0.05, 0) is 25.5 Å². The number of nitrogens with zero attached hydrogens (tertiary/aromatic N) is 1. The Bertz CT molecular complexity index is 323. The van der Waals surface area contributed by atoms with E-state index in [1.54, 1.807) is 0 Å². The molecule has 1 fully saturated rings. The first-order valence-corrected chi connectivity index (χ1v) is 6.11. The van der Waals surface area contributed by atoms with Gasteiger partial charge in [-0.15, -0.1) is 0 Å². The molecular formula is C13H20N2O. The molecule has 3 heteroatoms. The molecule has 0 bridgehead atoms. The van der Waals surface area contributed by atoms with Gasteiger partial charge in [0.25, 0.3) is 0 Å². The molecule has 0 amide bonds. The number of nitrogens with one attached hydrogen (secondary N) is 1. The second-order valence-electron chi connectivity index (χ2n) is 4.45. The molecule has 1 aromatic rings. The normalized spacial score (nSPS) is 15.8. The van der Waals surface area contributed by atoms with Crippen LogP contribution in [-0.4, -0.2) is 18.6 Å². The lowest BCUT2D eigenvalue weighted by Crippen LogP contribution is -2.14. The maximum Gasteiger partial charge on any atom is 0.122 e. The molecule has 3 nitrogen and oxygen atoms in total. The zero-order valence-electron chi connectivity index (χ0n) is 9.91. The number of rotatable bonds is 6. The van der Waals surface area contributed by atoms with Crippen LogP contribution in [0.1, 0.15) is 31.4 Å². The lowest BCUT2D eigenvalue weighted by Gasteiger charge is -2.24. The van der Waals surface area contributed by atoms with Crippen molar-refractivity contribution in [2.45, 2.75) is 32.2 Å². The molecule has 88 valence electrons. The van der Waals surface area contributed by atoms with Gasteiger partial charge >= 0.3 is 0 Å². The van der Waals surface area contributed by atoms with Crippen molar-refractivity contribution in [3.05, 3.63) is 24.0 Å². The topological polar surface area (TPSA) is 34.1 Å². The summed E-state index contributed by atoms with van der Waals surface area (Å²) in [4.78, 5) is 4.26. The first-order chi connectivity index (χ1) is 7.88. The fourth-order valence-electron chi connectivity index (χ4n) is 1.95. The van der Waals surface area contributed by atoms with Gasteiger partial charge in [0, 0.05) is 18.8 Å². The van der Waals surface area contributed by atoms with Gasteiger partial charge in [-0.25, -0.2) is 0 Å². The number of ether oxygens (including phenoxy) is 1. The quantitative estimate of drug-likeness (QED) is 0.799. The Morgan fingerprint density at radius 3 is 3.06 bits per heavy atom. The van der Waals surface area contributed by atoms with E-state index in [1.165, 1.54) is 25.7 Å². The third-order valence-electron chi connectivity index (χ3n) is 3.17. The van der Waals surface area contributed by atoms with Gasteiger partial charge in [-0.1, -0.05) is 19.3 Å². The molecule has 0 atom stereocenters. The minimum Gasteiger partial charge on any atom is -0.493 e. The highest BCUT2D eigenvalue weighted by Crippen LogP contribution is 2.29. The maximum absolute atomic E-state index is 5.73. The van der Waals surface area contributed by atoms with E-state index >= 15 is 0 Å². The monoisotopic (exact) mass is 220 g/mol. The first kappa shape index (κ1) is 11.4. The van der Waals surface area contributed by atoms with Crippen LogP contribution in [0.2, 0.25) is 0 Å². The summed E-state index contributed by atoms with van der Waals surface area (Å²) < 4.78 is 5.73. The van der Waals surface area contributed by atoms with E-state index in [-0.39, 0.29) is 0 Å². The van der Waals surface area contributed by atoms with Crippen molar-refractivity contribution in [3.8, 4) is 5.75 Å². The number of pyridine rings is 1. The Kier molecular flexibility index (Phi) is 4.17. The summed E-state index contributed by atoms with van der Waals surface area (Å²) >= 11 is 0. The summed E-state index contributed by atoms with van der Waals surface area (Å²) in [5.74, 6) is 1.86. The van der Waals surface area contributed by atoms with Crippen molar-refractivity contribution >= 4 is 0 Å². The highest BCUT2D eigenvalue weighted by Gasteiger charge is 2.16. The molecular weight excluding hydrogens is 200 g/mol. The average Bonchev–Trinajstić information content (AvgIpc) is 2.23. The van der Waals surface area contributed by atoms with Crippen LogP contribution in [0.5, 0.6) is 5.75 Å². The summed E-state index contributed by atoms with van der Waals surface area (Å²) in [7, 11) is 1.92. The van der Waals surface area contributed by atoms with E-state index in [2.05, 4.69) is 10.3 Å². The summed E-state index contributed by atoms with van der Waals surface area (Å²) in [5.41, 5.74) is 1.03.